The Morgan fingerprint density at radius 3 is 2.78 bits per heavy atom. The van der Waals surface area contributed by atoms with E-state index in [0.717, 1.165) is 16.8 Å². The second-order valence-electron chi connectivity index (χ2n) is 5.18. The Morgan fingerprint density at radius 1 is 1.26 bits per heavy atom. The fourth-order valence-electron chi connectivity index (χ4n) is 2.56. The molecule has 5 heteroatoms. The summed E-state index contributed by atoms with van der Waals surface area (Å²) in [5.74, 6) is 0. The number of allylic oxidation sites excluding steroid dienone is 2. The van der Waals surface area contributed by atoms with Crippen LogP contribution in [-0.4, -0.2) is 12.0 Å². The minimum atomic E-state index is -0.497. The van der Waals surface area contributed by atoms with Gasteiger partial charge in [-0.25, -0.2) is 0 Å². The van der Waals surface area contributed by atoms with Crippen molar-refractivity contribution in [1.29, 1.82) is 5.26 Å². The van der Waals surface area contributed by atoms with Crippen LogP contribution in [0.1, 0.15) is 16.7 Å². The number of para-hydroxylation sites is 1. The molecule has 1 aliphatic heterocycles. The van der Waals surface area contributed by atoms with Gasteiger partial charge in [0, 0.05) is 36.6 Å². The Morgan fingerprint density at radius 2 is 2.04 bits per heavy atom. The highest BCUT2D eigenvalue weighted by molar-refractivity contribution is 5.95. The Hall–Kier alpha value is -3.39. The second-order valence-corrected chi connectivity index (χ2v) is 5.18. The summed E-state index contributed by atoms with van der Waals surface area (Å²) in [6.45, 7) is 0. The van der Waals surface area contributed by atoms with Crippen molar-refractivity contribution in [3.05, 3.63) is 81.5 Å². The van der Waals surface area contributed by atoms with Crippen LogP contribution in [0, 0.1) is 21.4 Å². The molecule has 0 amide bonds. The van der Waals surface area contributed by atoms with Crippen LogP contribution in [0.2, 0.25) is 0 Å². The lowest BCUT2D eigenvalue weighted by Gasteiger charge is -2.23. The van der Waals surface area contributed by atoms with Crippen LogP contribution in [0.3, 0.4) is 0 Å². The van der Waals surface area contributed by atoms with Crippen LogP contribution in [0.4, 0.5) is 11.4 Å². The zero-order valence-corrected chi connectivity index (χ0v) is 12.4. The standard InChI is InChI=1S/C18H13N3O2/c1-20-9-8-14(17-4-2-3-5-18(17)20)10-13-6-7-16(21(22)23)11-15(13)12-19/h2-11H,1H3/b14-10-. The first-order chi connectivity index (χ1) is 11.1. The molecule has 0 aromatic heterocycles. The third kappa shape index (κ3) is 2.70. The molecule has 0 radical (unpaired) electrons. The van der Waals surface area contributed by atoms with Crippen molar-refractivity contribution in [2.75, 3.05) is 11.9 Å². The van der Waals surface area contributed by atoms with Gasteiger partial charge in [-0.15, -0.1) is 0 Å². The zero-order chi connectivity index (χ0) is 16.4. The lowest BCUT2D eigenvalue weighted by Crippen LogP contribution is -2.13. The molecule has 0 spiro atoms. The minimum absolute atomic E-state index is 0.0805. The Balaban J connectivity index is 2.11. The molecule has 0 unspecified atom stereocenters. The number of nitro groups is 1. The maximum Gasteiger partial charge on any atom is 0.270 e. The lowest BCUT2D eigenvalue weighted by molar-refractivity contribution is -0.384. The molecule has 5 nitrogen and oxygen atoms in total. The van der Waals surface area contributed by atoms with Crippen molar-refractivity contribution in [3.63, 3.8) is 0 Å². The van der Waals surface area contributed by atoms with Gasteiger partial charge in [-0.1, -0.05) is 18.2 Å². The number of nitro benzene ring substituents is 1. The smallest absolute Gasteiger partial charge is 0.270 e. The van der Waals surface area contributed by atoms with Crippen molar-refractivity contribution >= 4 is 23.0 Å². The normalized spacial score (nSPS) is 14.4. The van der Waals surface area contributed by atoms with Gasteiger partial charge in [-0.2, -0.15) is 5.26 Å². The molecule has 23 heavy (non-hydrogen) atoms. The largest absolute Gasteiger partial charge is 0.351 e. The molecular formula is C18H13N3O2. The van der Waals surface area contributed by atoms with E-state index in [-0.39, 0.29) is 11.3 Å². The van der Waals surface area contributed by atoms with Crippen molar-refractivity contribution in [2.45, 2.75) is 0 Å². The van der Waals surface area contributed by atoms with Crippen LogP contribution in [-0.2, 0) is 0 Å². The van der Waals surface area contributed by atoms with E-state index in [4.69, 9.17) is 0 Å². The highest BCUT2D eigenvalue weighted by Gasteiger charge is 2.14. The maximum atomic E-state index is 10.8. The molecule has 0 N–H and O–H groups in total. The van der Waals surface area contributed by atoms with E-state index in [1.165, 1.54) is 12.1 Å². The molecule has 0 saturated heterocycles. The molecule has 2 aromatic carbocycles. The molecule has 2 aromatic rings. The first kappa shape index (κ1) is 14.5. The first-order valence-electron chi connectivity index (χ1n) is 7.01. The maximum absolute atomic E-state index is 10.8. The van der Waals surface area contributed by atoms with E-state index in [2.05, 4.69) is 0 Å². The number of anilines is 1. The number of hydrogen-bond donors (Lipinski definition) is 0. The van der Waals surface area contributed by atoms with Crippen LogP contribution in [0.25, 0.3) is 11.6 Å². The van der Waals surface area contributed by atoms with E-state index >= 15 is 0 Å². The summed E-state index contributed by atoms with van der Waals surface area (Å²) in [5.41, 5.74) is 3.96. The summed E-state index contributed by atoms with van der Waals surface area (Å²) in [6.07, 6.45) is 5.79. The Bertz CT molecular complexity index is 891. The number of rotatable bonds is 2. The molecule has 0 saturated carbocycles. The molecule has 0 fully saturated rings. The van der Waals surface area contributed by atoms with Crippen molar-refractivity contribution in [3.8, 4) is 6.07 Å². The molecule has 1 aliphatic rings. The summed E-state index contributed by atoms with van der Waals surface area (Å²) in [4.78, 5) is 12.4. The monoisotopic (exact) mass is 303 g/mol. The number of hydrogen-bond acceptors (Lipinski definition) is 4. The van der Waals surface area contributed by atoms with Gasteiger partial charge in [0.1, 0.15) is 6.07 Å². The third-order valence-electron chi connectivity index (χ3n) is 3.75. The minimum Gasteiger partial charge on any atom is -0.351 e. The number of fused-ring (bicyclic) bond motifs is 1. The zero-order valence-electron chi connectivity index (χ0n) is 12.4. The first-order valence-corrected chi connectivity index (χ1v) is 7.01. The summed E-state index contributed by atoms with van der Waals surface area (Å²) < 4.78 is 0. The molecule has 112 valence electrons. The van der Waals surface area contributed by atoms with Gasteiger partial charge in [0.25, 0.3) is 5.69 Å². The van der Waals surface area contributed by atoms with Crippen LogP contribution < -0.4 is 4.90 Å². The summed E-state index contributed by atoms with van der Waals surface area (Å²) >= 11 is 0. The number of non-ortho nitro benzene ring substituents is 1. The number of nitriles is 1. The third-order valence-corrected chi connectivity index (χ3v) is 3.75. The summed E-state index contributed by atoms with van der Waals surface area (Å²) in [5, 5.41) is 20.1. The molecule has 0 bridgehead atoms. The van der Waals surface area contributed by atoms with Gasteiger partial charge in [0.2, 0.25) is 0 Å². The predicted molar refractivity (Wildman–Crippen MR) is 89.7 cm³/mol. The summed E-state index contributed by atoms with van der Waals surface area (Å²) in [7, 11) is 1.97. The van der Waals surface area contributed by atoms with Gasteiger partial charge in [0.15, 0.2) is 0 Å². The Kier molecular flexibility index (Phi) is 3.65. The number of nitrogens with zero attached hydrogens (tertiary/aromatic N) is 3. The highest BCUT2D eigenvalue weighted by atomic mass is 16.6. The molecule has 0 aliphatic carbocycles. The topological polar surface area (TPSA) is 70.2 Å². The summed E-state index contributed by atoms with van der Waals surface area (Å²) in [6, 6.07) is 14.3. The van der Waals surface area contributed by atoms with Crippen molar-refractivity contribution in [1.82, 2.24) is 0 Å². The van der Waals surface area contributed by atoms with Crippen LogP contribution in [0.15, 0.2) is 54.7 Å². The Labute approximate surface area is 133 Å². The van der Waals surface area contributed by atoms with E-state index in [0.29, 0.717) is 5.56 Å². The van der Waals surface area contributed by atoms with E-state index in [1.807, 2.05) is 60.6 Å². The molecule has 1 heterocycles. The lowest BCUT2D eigenvalue weighted by atomic mass is 9.96. The SMILES string of the molecule is CN1C=C/C(=C/c2ccc([N+](=O)[O-])cc2C#N)c2ccccc21. The van der Waals surface area contributed by atoms with Gasteiger partial charge in [-0.3, -0.25) is 10.1 Å². The van der Waals surface area contributed by atoms with Gasteiger partial charge in [0.05, 0.1) is 10.5 Å². The fourth-order valence-corrected chi connectivity index (χ4v) is 2.56. The average molecular weight is 303 g/mol. The van der Waals surface area contributed by atoms with Gasteiger partial charge in [-0.05, 0) is 35.4 Å². The van der Waals surface area contributed by atoms with E-state index in [1.54, 1.807) is 6.07 Å². The van der Waals surface area contributed by atoms with Crippen LogP contribution in [0.5, 0.6) is 0 Å². The molecular weight excluding hydrogens is 290 g/mol. The van der Waals surface area contributed by atoms with Crippen molar-refractivity contribution in [2.24, 2.45) is 0 Å². The van der Waals surface area contributed by atoms with Crippen LogP contribution >= 0.6 is 0 Å². The van der Waals surface area contributed by atoms with Gasteiger partial charge < -0.3 is 4.90 Å². The van der Waals surface area contributed by atoms with Crippen molar-refractivity contribution < 1.29 is 4.92 Å². The van der Waals surface area contributed by atoms with Gasteiger partial charge >= 0.3 is 0 Å². The average Bonchev–Trinajstić information content (AvgIpc) is 2.57. The predicted octanol–water partition coefficient (Wildman–Crippen LogP) is 3.97. The number of benzene rings is 2. The quantitative estimate of drug-likeness (QED) is 0.621. The fraction of sp³-hybridized carbons (Fsp3) is 0.0556. The van der Waals surface area contributed by atoms with E-state index in [9.17, 15) is 15.4 Å². The van der Waals surface area contributed by atoms with E-state index < -0.39 is 4.92 Å². The molecule has 3 rings (SSSR count). The highest BCUT2D eigenvalue weighted by Crippen LogP contribution is 2.33. The molecule has 0 atom stereocenters. The second kappa shape index (κ2) is 5.78.